The number of nitrogens with zero attached hydrogens (tertiary/aromatic N) is 2. The van der Waals surface area contributed by atoms with E-state index >= 15 is 0 Å². The second-order valence-electron chi connectivity index (χ2n) is 4.77. The molecular weight excluding hydrogens is 267 g/mol. The molecule has 1 aliphatic rings. The van der Waals surface area contributed by atoms with Gasteiger partial charge >= 0.3 is 0 Å². The lowest BCUT2D eigenvalue weighted by molar-refractivity contribution is 0.955. The van der Waals surface area contributed by atoms with Crippen LogP contribution in [0, 0.1) is 6.92 Å². The average Bonchev–Trinajstić information content (AvgIpc) is 3.13. The molecular formula is C14H12Cl2N2. The van der Waals surface area contributed by atoms with Crippen LogP contribution in [0.25, 0.3) is 0 Å². The summed E-state index contributed by atoms with van der Waals surface area (Å²) < 4.78 is 0. The second kappa shape index (κ2) is 4.52. The third-order valence-electron chi connectivity index (χ3n) is 3.44. The van der Waals surface area contributed by atoms with Crippen molar-refractivity contribution in [1.29, 1.82) is 0 Å². The van der Waals surface area contributed by atoms with E-state index in [0.29, 0.717) is 22.1 Å². The fourth-order valence-corrected chi connectivity index (χ4v) is 2.73. The Kier molecular flexibility index (Phi) is 3.00. The molecule has 92 valence electrons. The van der Waals surface area contributed by atoms with Crippen LogP contribution >= 0.6 is 23.2 Å². The Hall–Kier alpha value is -1.12. The van der Waals surface area contributed by atoms with Crippen molar-refractivity contribution in [1.82, 2.24) is 10.2 Å². The van der Waals surface area contributed by atoms with Crippen LogP contribution in [0.1, 0.15) is 34.9 Å². The van der Waals surface area contributed by atoms with Gasteiger partial charge in [-0.1, -0.05) is 53.0 Å². The summed E-state index contributed by atoms with van der Waals surface area (Å²) in [5, 5.41) is 8.49. The van der Waals surface area contributed by atoms with Crippen molar-refractivity contribution < 1.29 is 0 Å². The quantitative estimate of drug-likeness (QED) is 0.816. The number of benzene rings is 1. The molecule has 18 heavy (non-hydrogen) atoms. The van der Waals surface area contributed by atoms with Crippen LogP contribution in [0.4, 0.5) is 0 Å². The van der Waals surface area contributed by atoms with E-state index in [1.54, 1.807) is 0 Å². The zero-order valence-electron chi connectivity index (χ0n) is 9.90. The fraction of sp³-hybridized carbons (Fsp3) is 0.286. The van der Waals surface area contributed by atoms with Crippen LogP contribution in [0.15, 0.2) is 30.3 Å². The summed E-state index contributed by atoms with van der Waals surface area (Å²) in [6.07, 6.45) is 1.10. The molecule has 1 aromatic heterocycles. The lowest BCUT2D eigenvalue weighted by Gasteiger charge is -2.03. The number of hydrogen-bond donors (Lipinski definition) is 0. The molecule has 2 nitrogen and oxygen atoms in total. The molecule has 0 radical (unpaired) electrons. The third-order valence-corrected chi connectivity index (χ3v) is 3.92. The predicted octanol–water partition coefficient (Wildman–Crippen LogP) is 4.36. The SMILES string of the molecule is Cc1ccc(C2CC2c2cc(Cl)nnc2Cl)cc1. The first kappa shape index (κ1) is 11.9. The molecule has 2 unspecified atom stereocenters. The lowest BCUT2D eigenvalue weighted by atomic mass is 10.0. The third kappa shape index (κ3) is 2.23. The minimum absolute atomic E-state index is 0.406. The summed E-state index contributed by atoms with van der Waals surface area (Å²) in [5.74, 6) is 0.955. The van der Waals surface area contributed by atoms with Gasteiger partial charge in [-0.2, -0.15) is 0 Å². The normalized spacial score (nSPS) is 21.9. The topological polar surface area (TPSA) is 25.8 Å². The summed E-state index contributed by atoms with van der Waals surface area (Å²) in [6, 6.07) is 10.5. The van der Waals surface area contributed by atoms with Gasteiger partial charge in [0.1, 0.15) is 0 Å². The van der Waals surface area contributed by atoms with Crippen LogP contribution in [-0.2, 0) is 0 Å². The van der Waals surface area contributed by atoms with Gasteiger partial charge in [-0.15, -0.1) is 10.2 Å². The van der Waals surface area contributed by atoms with E-state index in [1.807, 2.05) is 6.07 Å². The molecule has 0 aliphatic heterocycles. The average molecular weight is 279 g/mol. The van der Waals surface area contributed by atoms with Crippen LogP contribution in [-0.4, -0.2) is 10.2 Å². The van der Waals surface area contributed by atoms with Crippen molar-refractivity contribution in [2.24, 2.45) is 0 Å². The monoisotopic (exact) mass is 278 g/mol. The maximum absolute atomic E-state index is 6.08. The number of aryl methyl sites for hydroxylation is 1. The zero-order valence-corrected chi connectivity index (χ0v) is 11.4. The maximum atomic E-state index is 6.08. The Morgan fingerprint density at radius 2 is 1.78 bits per heavy atom. The van der Waals surface area contributed by atoms with E-state index in [-0.39, 0.29) is 0 Å². The Bertz CT molecular complexity index is 581. The molecule has 1 heterocycles. The van der Waals surface area contributed by atoms with E-state index in [4.69, 9.17) is 23.2 Å². The highest BCUT2D eigenvalue weighted by Crippen LogP contribution is 2.55. The van der Waals surface area contributed by atoms with Crippen molar-refractivity contribution >= 4 is 23.2 Å². The first-order chi connectivity index (χ1) is 8.65. The van der Waals surface area contributed by atoms with Gasteiger partial charge in [0.15, 0.2) is 10.3 Å². The van der Waals surface area contributed by atoms with Gasteiger partial charge in [0.25, 0.3) is 0 Å². The molecule has 1 aromatic carbocycles. The highest BCUT2D eigenvalue weighted by molar-refractivity contribution is 6.31. The Balaban J connectivity index is 1.85. The number of hydrogen-bond acceptors (Lipinski definition) is 2. The first-order valence-electron chi connectivity index (χ1n) is 5.90. The molecule has 1 saturated carbocycles. The van der Waals surface area contributed by atoms with Gasteiger partial charge in [0.05, 0.1) is 0 Å². The summed E-state index contributed by atoms with van der Waals surface area (Å²) in [6.45, 7) is 2.09. The number of halogens is 2. The molecule has 2 aromatic rings. The zero-order chi connectivity index (χ0) is 12.7. The number of rotatable bonds is 2. The predicted molar refractivity (Wildman–Crippen MR) is 73.3 cm³/mol. The van der Waals surface area contributed by atoms with E-state index in [2.05, 4.69) is 41.4 Å². The van der Waals surface area contributed by atoms with Crippen LogP contribution in [0.5, 0.6) is 0 Å². The molecule has 0 spiro atoms. The van der Waals surface area contributed by atoms with E-state index in [9.17, 15) is 0 Å². The van der Waals surface area contributed by atoms with Crippen molar-refractivity contribution in [2.75, 3.05) is 0 Å². The van der Waals surface area contributed by atoms with Gasteiger partial charge in [0, 0.05) is 0 Å². The molecule has 0 bridgehead atoms. The highest BCUT2D eigenvalue weighted by atomic mass is 35.5. The van der Waals surface area contributed by atoms with Gasteiger partial charge in [0.2, 0.25) is 0 Å². The summed E-state index contributed by atoms with van der Waals surface area (Å²) in [7, 11) is 0. The lowest BCUT2D eigenvalue weighted by Crippen LogP contribution is -1.92. The molecule has 0 saturated heterocycles. The Morgan fingerprint density at radius 3 is 2.50 bits per heavy atom. The van der Waals surface area contributed by atoms with E-state index in [0.717, 1.165) is 12.0 Å². The summed E-state index contributed by atoms with van der Waals surface area (Å²) >= 11 is 11.9. The molecule has 2 atom stereocenters. The standard InChI is InChI=1S/C14H12Cl2N2/c1-8-2-4-9(5-3-8)10-6-11(10)12-7-13(15)17-18-14(12)16/h2-5,7,10-11H,6H2,1H3. The van der Waals surface area contributed by atoms with E-state index < -0.39 is 0 Å². The maximum Gasteiger partial charge on any atom is 0.155 e. The van der Waals surface area contributed by atoms with Gasteiger partial charge in [-0.3, -0.25) is 0 Å². The van der Waals surface area contributed by atoms with Gasteiger partial charge in [-0.05, 0) is 42.4 Å². The molecule has 1 fully saturated rings. The van der Waals surface area contributed by atoms with Crippen LogP contribution in [0.2, 0.25) is 10.3 Å². The molecule has 4 heteroatoms. The van der Waals surface area contributed by atoms with Crippen molar-refractivity contribution in [3.63, 3.8) is 0 Å². The van der Waals surface area contributed by atoms with Crippen molar-refractivity contribution in [2.45, 2.75) is 25.2 Å². The second-order valence-corrected chi connectivity index (χ2v) is 5.52. The highest BCUT2D eigenvalue weighted by Gasteiger charge is 2.41. The first-order valence-corrected chi connectivity index (χ1v) is 6.66. The smallest absolute Gasteiger partial charge is 0.137 e. The molecule has 0 N–H and O–H groups in total. The summed E-state index contributed by atoms with van der Waals surface area (Å²) in [5.41, 5.74) is 3.65. The largest absolute Gasteiger partial charge is 0.155 e. The Morgan fingerprint density at radius 1 is 1.06 bits per heavy atom. The number of aromatic nitrogens is 2. The van der Waals surface area contributed by atoms with Crippen molar-refractivity contribution in [3.8, 4) is 0 Å². The molecule has 0 amide bonds. The van der Waals surface area contributed by atoms with E-state index in [1.165, 1.54) is 11.1 Å². The fourth-order valence-electron chi connectivity index (χ4n) is 2.35. The minimum atomic E-state index is 0.406. The summed E-state index contributed by atoms with van der Waals surface area (Å²) in [4.78, 5) is 0. The molecule has 1 aliphatic carbocycles. The van der Waals surface area contributed by atoms with Gasteiger partial charge < -0.3 is 0 Å². The molecule has 3 rings (SSSR count). The van der Waals surface area contributed by atoms with Gasteiger partial charge in [-0.25, -0.2) is 0 Å². The van der Waals surface area contributed by atoms with Crippen LogP contribution < -0.4 is 0 Å². The minimum Gasteiger partial charge on any atom is -0.137 e. The van der Waals surface area contributed by atoms with Crippen molar-refractivity contribution in [3.05, 3.63) is 57.3 Å². The van der Waals surface area contributed by atoms with Crippen LogP contribution in [0.3, 0.4) is 0 Å². The Labute approximate surface area is 116 Å².